The molecule has 0 saturated heterocycles. The fourth-order valence-corrected chi connectivity index (χ4v) is 6.16. The number of carbonyl (C=O) groups excluding carboxylic acids is 1. The number of carbonyl (C=O) groups is 1. The number of sulfonamides is 1. The van der Waals surface area contributed by atoms with Crippen molar-refractivity contribution in [1.29, 1.82) is 0 Å². The zero-order chi connectivity index (χ0) is 21.9. The number of aromatic nitrogens is 1. The lowest BCUT2D eigenvalue weighted by Gasteiger charge is -2.20. The van der Waals surface area contributed by atoms with Crippen molar-refractivity contribution < 1.29 is 18.4 Å². The van der Waals surface area contributed by atoms with Gasteiger partial charge in [-0.05, 0) is 47.1 Å². The van der Waals surface area contributed by atoms with Gasteiger partial charge in [-0.2, -0.15) is 4.72 Å². The number of thioether (sulfide) groups is 1. The molecule has 0 fully saturated rings. The third kappa shape index (κ3) is 5.38. The highest BCUT2D eigenvalue weighted by molar-refractivity contribution is 8.01. The van der Waals surface area contributed by atoms with Crippen molar-refractivity contribution in [1.82, 2.24) is 15.2 Å². The van der Waals surface area contributed by atoms with Crippen LogP contribution in [0.5, 0.6) is 0 Å². The Bertz CT molecular complexity index is 1140. The first kappa shape index (κ1) is 22.7. The topological polar surface area (TPSA) is 108 Å². The van der Waals surface area contributed by atoms with Crippen molar-refractivity contribution in [3.8, 4) is 11.1 Å². The lowest BCUT2D eigenvalue weighted by Crippen LogP contribution is -2.48. The van der Waals surface area contributed by atoms with E-state index in [1.165, 1.54) is 34.0 Å². The molecule has 2 aliphatic rings. The number of nitrogens with one attached hydrogen (secondary N) is 2. The van der Waals surface area contributed by atoms with Gasteiger partial charge in [0, 0.05) is 0 Å². The normalized spacial score (nSPS) is 13.0. The lowest BCUT2D eigenvalue weighted by atomic mass is 10.1. The van der Waals surface area contributed by atoms with Crippen LogP contribution in [0, 0.1) is 5.92 Å². The number of hydrogen-bond acceptors (Lipinski definition) is 7. The van der Waals surface area contributed by atoms with Gasteiger partial charge in [0.25, 0.3) is 5.91 Å². The summed E-state index contributed by atoms with van der Waals surface area (Å²) in [5.74, 6) is -0.237. The van der Waals surface area contributed by atoms with E-state index in [-0.39, 0.29) is 10.8 Å². The van der Waals surface area contributed by atoms with Gasteiger partial charge in [-0.15, -0.1) is 11.3 Å². The Kier molecular flexibility index (Phi) is 7.14. The van der Waals surface area contributed by atoms with Crippen molar-refractivity contribution in [2.45, 2.75) is 36.0 Å². The summed E-state index contributed by atoms with van der Waals surface area (Å²) >= 11 is 3.03. The molecule has 1 amide bonds. The average molecular weight is 466 g/mol. The molecule has 0 bridgehead atoms. The van der Waals surface area contributed by atoms with Gasteiger partial charge in [-0.3, -0.25) is 10.0 Å². The molecule has 0 aliphatic heterocycles. The van der Waals surface area contributed by atoms with E-state index in [2.05, 4.69) is 34.0 Å². The van der Waals surface area contributed by atoms with Crippen LogP contribution in [-0.2, 0) is 14.8 Å². The summed E-state index contributed by atoms with van der Waals surface area (Å²) in [6.07, 6.45) is 0. The van der Waals surface area contributed by atoms with E-state index in [9.17, 15) is 13.2 Å². The minimum absolute atomic E-state index is 0.0584. The second kappa shape index (κ2) is 9.44. The molecule has 2 aliphatic carbocycles. The van der Waals surface area contributed by atoms with Gasteiger partial charge in [-0.1, -0.05) is 50.7 Å². The quantitative estimate of drug-likeness (QED) is 0.217. The maximum absolute atomic E-state index is 12.5. The van der Waals surface area contributed by atoms with E-state index in [4.69, 9.17) is 5.21 Å². The zero-order valence-electron chi connectivity index (χ0n) is 16.7. The van der Waals surface area contributed by atoms with Crippen molar-refractivity contribution >= 4 is 49.2 Å². The molecule has 1 aromatic heterocycles. The van der Waals surface area contributed by atoms with Gasteiger partial charge in [0.2, 0.25) is 10.0 Å². The second-order valence-electron chi connectivity index (χ2n) is 6.94. The molecular formula is C20H23N3O4S3. The summed E-state index contributed by atoms with van der Waals surface area (Å²) in [7, 11) is -3.90. The number of nitrogens with zero attached hydrogens (tertiary/aromatic N) is 1. The van der Waals surface area contributed by atoms with Crippen LogP contribution in [0.3, 0.4) is 0 Å². The molecule has 30 heavy (non-hydrogen) atoms. The van der Waals surface area contributed by atoms with E-state index in [1.807, 2.05) is 6.92 Å². The Morgan fingerprint density at radius 1 is 1.20 bits per heavy atom. The van der Waals surface area contributed by atoms with E-state index >= 15 is 0 Å². The molecular weight excluding hydrogens is 442 g/mol. The first-order valence-corrected chi connectivity index (χ1v) is 12.6. The number of rotatable bonds is 7. The Balaban J connectivity index is 0.000000357. The number of hydrogen-bond donors (Lipinski definition) is 3. The zero-order valence-corrected chi connectivity index (χ0v) is 19.2. The summed E-state index contributed by atoms with van der Waals surface area (Å²) in [6.45, 7) is 5.39. The molecule has 160 valence electrons. The maximum Gasteiger partial charge on any atom is 0.261 e. The van der Waals surface area contributed by atoms with Crippen molar-refractivity contribution in [3.63, 3.8) is 0 Å². The molecule has 0 radical (unpaired) electrons. The molecule has 2 aromatic rings. The standard InChI is InChI=1S/C14H19N3O4S3.C6H4/c1-4-22-14-15-10-6-5-9(7-11(10)23-14)24(20,21)17-12(8(2)3)13(18)16-19;1-2-5-4-6(5)3-1/h5-8,12,17,19H,4H2,1-3H3,(H,16,18);1-4H/t12-;/m1./s1. The van der Waals surface area contributed by atoms with Crippen LogP contribution in [-0.4, -0.2) is 36.3 Å². The Morgan fingerprint density at radius 2 is 1.90 bits per heavy atom. The van der Waals surface area contributed by atoms with Crippen LogP contribution >= 0.6 is 23.1 Å². The van der Waals surface area contributed by atoms with Crippen LogP contribution in [0.1, 0.15) is 20.8 Å². The predicted molar refractivity (Wildman–Crippen MR) is 120 cm³/mol. The number of hydroxylamine groups is 1. The minimum atomic E-state index is -3.90. The van der Waals surface area contributed by atoms with Crippen LogP contribution in [0.4, 0.5) is 0 Å². The summed E-state index contributed by atoms with van der Waals surface area (Å²) in [5.41, 5.74) is 5.08. The van der Waals surface area contributed by atoms with E-state index in [0.717, 1.165) is 20.3 Å². The first-order chi connectivity index (χ1) is 14.2. The fraction of sp³-hybridized carbons (Fsp3) is 0.300. The largest absolute Gasteiger partial charge is 0.289 e. The monoisotopic (exact) mass is 465 g/mol. The highest BCUT2D eigenvalue weighted by Crippen LogP contribution is 2.33. The van der Waals surface area contributed by atoms with Gasteiger partial charge in [0.05, 0.1) is 15.1 Å². The Labute approximate surface area is 183 Å². The van der Waals surface area contributed by atoms with Crippen LogP contribution in [0.25, 0.3) is 21.3 Å². The lowest BCUT2D eigenvalue weighted by molar-refractivity contribution is -0.131. The van der Waals surface area contributed by atoms with Crippen LogP contribution in [0.15, 0.2) is 51.7 Å². The predicted octanol–water partition coefficient (Wildman–Crippen LogP) is 3.88. The maximum atomic E-state index is 12.5. The van der Waals surface area contributed by atoms with Gasteiger partial charge in [-0.25, -0.2) is 18.9 Å². The average Bonchev–Trinajstić information content (AvgIpc) is 3.11. The van der Waals surface area contributed by atoms with E-state index in [1.54, 1.807) is 37.7 Å². The molecule has 1 atom stereocenters. The van der Waals surface area contributed by atoms with E-state index in [0.29, 0.717) is 0 Å². The highest BCUT2D eigenvalue weighted by atomic mass is 32.2. The molecule has 7 nitrogen and oxygen atoms in total. The fourth-order valence-electron chi connectivity index (χ4n) is 2.71. The Morgan fingerprint density at radius 3 is 2.40 bits per heavy atom. The number of thiazole rings is 1. The van der Waals surface area contributed by atoms with Gasteiger partial charge < -0.3 is 0 Å². The second-order valence-corrected chi connectivity index (χ2v) is 11.2. The molecule has 0 saturated carbocycles. The van der Waals surface area contributed by atoms with Gasteiger partial charge in [0.15, 0.2) is 4.34 Å². The van der Waals surface area contributed by atoms with Crippen molar-refractivity contribution in [3.05, 3.63) is 42.5 Å². The van der Waals surface area contributed by atoms with Gasteiger partial charge in [0.1, 0.15) is 6.04 Å². The van der Waals surface area contributed by atoms with E-state index < -0.39 is 22.0 Å². The van der Waals surface area contributed by atoms with Crippen LogP contribution < -0.4 is 10.2 Å². The van der Waals surface area contributed by atoms with Crippen molar-refractivity contribution in [2.24, 2.45) is 5.92 Å². The molecule has 1 aromatic carbocycles. The Hall–Kier alpha value is -1.98. The minimum Gasteiger partial charge on any atom is -0.289 e. The summed E-state index contributed by atoms with van der Waals surface area (Å²) in [4.78, 5) is 16.1. The van der Waals surface area contributed by atoms with Crippen LogP contribution in [0.2, 0.25) is 0 Å². The summed E-state index contributed by atoms with van der Waals surface area (Å²) in [5, 5.41) is 8.77. The third-order valence-electron chi connectivity index (χ3n) is 4.37. The third-order valence-corrected chi connectivity index (χ3v) is 7.85. The van der Waals surface area contributed by atoms with Crippen molar-refractivity contribution in [2.75, 3.05) is 5.75 Å². The highest BCUT2D eigenvalue weighted by Gasteiger charge is 2.28. The summed E-state index contributed by atoms with van der Waals surface area (Å²) in [6, 6.07) is 12.1. The SMILES string of the molecule is CCSc1nc2ccc(S(=O)(=O)N[C@@H](C(=O)NO)C(C)C)cc2s1.c1cc2cc-2c1. The molecule has 0 spiro atoms. The number of fused-ring (bicyclic) bond motifs is 2. The number of benzene rings is 2. The molecule has 0 unspecified atom stereocenters. The first-order valence-electron chi connectivity index (χ1n) is 9.35. The smallest absolute Gasteiger partial charge is 0.261 e. The molecule has 1 heterocycles. The summed E-state index contributed by atoms with van der Waals surface area (Å²) < 4.78 is 29.1. The molecule has 3 N–H and O–H groups in total. The van der Waals surface area contributed by atoms with Gasteiger partial charge >= 0.3 is 0 Å². The molecule has 10 heteroatoms. The molecule has 4 rings (SSSR count). The number of amides is 1.